The molecule has 5 nitrogen and oxygen atoms in total. The molecule has 24 heavy (non-hydrogen) atoms. The molecule has 2 aromatic rings. The Kier molecular flexibility index (Phi) is 6.37. The fourth-order valence-corrected chi connectivity index (χ4v) is 2.26. The van der Waals surface area contributed by atoms with Crippen LogP contribution in [0.15, 0.2) is 58.8 Å². The Labute approximate surface area is 141 Å². The first-order valence-electron chi connectivity index (χ1n) is 8.02. The van der Waals surface area contributed by atoms with E-state index in [1.165, 1.54) is 12.3 Å². The Bertz CT molecular complexity index is 691. The summed E-state index contributed by atoms with van der Waals surface area (Å²) in [6, 6.07) is 12.2. The molecule has 1 heterocycles. The molecule has 0 aliphatic rings. The second-order valence-electron chi connectivity index (χ2n) is 5.56. The first-order chi connectivity index (χ1) is 11.6. The minimum atomic E-state index is -0.341. The molecule has 1 aromatic heterocycles. The highest BCUT2D eigenvalue weighted by atomic mass is 16.3. The lowest BCUT2D eigenvalue weighted by atomic mass is 10.2. The van der Waals surface area contributed by atoms with Crippen molar-refractivity contribution in [3.63, 3.8) is 0 Å². The van der Waals surface area contributed by atoms with Gasteiger partial charge in [-0.05, 0) is 37.6 Å². The van der Waals surface area contributed by atoms with Crippen molar-refractivity contribution >= 4 is 17.9 Å². The average molecular weight is 326 g/mol. The number of rotatable bonds is 7. The van der Waals surface area contributed by atoms with Gasteiger partial charge in [0.05, 0.1) is 6.26 Å². The van der Waals surface area contributed by atoms with Gasteiger partial charge in [-0.25, -0.2) is 0 Å². The van der Waals surface area contributed by atoms with Crippen LogP contribution >= 0.6 is 0 Å². The quantitative estimate of drug-likeness (QED) is 0.767. The number of amides is 2. The topological polar surface area (TPSA) is 71.3 Å². The summed E-state index contributed by atoms with van der Waals surface area (Å²) >= 11 is 0. The van der Waals surface area contributed by atoms with Gasteiger partial charge in [-0.2, -0.15) is 0 Å². The summed E-state index contributed by atoms with van der Waals surface area (Å²) in [5, 5.41) is 5.56. The molecule has 0 aliphatic carbocycles. The van der Waals surface area contributed by atoms with Crippen LogP contribution in [0.4, 0.5) is 0 Å². The van der Waals surface area contributed by atoms with Gasteiger partial charge >= 0.3 is 0 Å². The third kappa shape index (κ3) is 5.12. The fourth-order valence-electron chi connectivity index (χ4n) is 2.26. The average Bonchev–Trinajstić information content (AvgIpc) is 3.08. The zero-order chi connectivity index (χ0) is 17.4. The fraction of sp³-hybridized carbons (Fsp3) is 0.263. The van der Waals surface area contributed by atoms with Gasteiger partial charge in [-0.15, -0.1) is 0 Å². The van der Waals surface area contributed by atoms with E-state index in [1.807, 2.05) is 13.0 Å². The molecule has 0 spiro atoms. The van der Waals surface area contributed by atoms with Crippen molar-refractivity contribution in [2.45, 2.75) is 32.7 Å². The maximum absolute atomic E-state index is 12.5. The van der Waals surface area contributed by atoms with Gasteiger partial charge in [0, 0.05) is 17.7 Å². The highest BCUT2D eigenvalue weighted by Gasteiger charge is 2.16. The normalized spacial score (nSPS) is 12.5. The number of hydrogen-bond acceptors (Lipinski definition) is 3. The van der Waals surface area contributed by atoms with Crippen molar-refractivity contribution in [3.05, 3.63) is 65.7 Å². The van der Waals surface area contributed by atoms with Crippen LogP contribution in [0.3, 0.4) is 0 Å². The van der Waals surface area contributed by atoms with Crippen molar-refractivity contribution in [2.24, 2.45) is 0 Å². The molecule has 0 aliphatic heterocycles. The Hall–Kier alpha value is -2.82. The van der Waals surface area contributed by atoms with Gasteiger partial charge < -0.3 is 15.1 Å². The molecular weight excluding hydrogens is 304 g/mol. The molecule has 0 saturated carbocycles. The first kappa shape index (κ1) is 17.5. The van der Waals surface area contributed by atoms with Gasteiger partial charge in [-0.3, -0.25) is 9.59 Å². The monoisotopic (exact) mass is 326 g/mol. The lowest BCUT2D eigenvalue weighted by Gasteiger charge is -2.15. The summed E-state index contributed by atoms with van der Waals surface area (Å²) in [5.41, 5.74) is 0.638. The van der Waals surface area contributed by atoms with E-state index in [1.54, 1.807) is 36.4 Å². The predicted molar refractivity (Wildman–Crippen MR) is 93.1 cm³/mol. The molecule has 0 saturated heterocycles. The van der Waals surface area contributed by atoms with Gasteiger partial charge in [0.2, 0.25) is 0 Å². The Morgan fingerprint density at radius 2 is 1.92 bits per heavy atom. The van der Waals surface area contributed by atoms with E-state index in [4.69, 9.17) is 4.42 Å². The van der Waals surface area contributed by atoms with Crippen molar-refractivity contribution < 1.29 is 14.0 Å². The Morgan fingerprint density at radius 1 is 1.17 bits per heavy atom. The molecule has 0 radical (unpaired) electrons. The van der Waals surface area contributed by atoms with Crippen LogP contribution in [0.2, 0.25) is 0 Å². The van der Waals surface area contributed by atoms with Crippen LogP contribution in [-0.2, 0) is 4.79 Å². The maximum atomic E-state index is 12.5. The van der Waals surface area contributed by atoms with E-state index < -0.39 is 0 Å². The minimum Gasteiger partial charge on any atom is -0.465 e. The summed E-state index contributed by atoms with van der Waals surface area (Å²) < 4.78 is 5.25. The van der Waals surface area contributed by atoms with Crippen molar-refractivity contribution in [3.8, 4) is 0 Å². The van der Waals surface area contributed by atoms with Gasteiger partial charge in [0.25, 0.3) is 11.8 Å². The van der Waals surface area contributed by atoms with Gasteiger partial charge in [-0.1, -0.05) is 31.5 Å². The third-order valence-electron chi connectivity index (χ3n) is 3.46. The van der Waals surface area contributed by atoms with E-state index in [9.17, 15) is 9.59 Å². The molecule has 2 N–H and O–H groups in total. The SMILES string of the molecule is CCC[C@H](C)NC(=O)/C(=C/c1ccco1)NC(=O)c1ccccc1. The number of furan rings is 1. The van der Waals surface area contributed by atoms with E-state index in [-0.39, 0.29) is 23.6 Å². The van der Waals surface area contributed by atoms with E-state index in [0.29, 0.717) is 11.3 Å². The molecule has 0 fully saturated rings. The molecule has 126 valence electrons. The zero-order valence-corrected chi connectivity index (χ0v) is 13.9. The van der Waals surface area contributed by atoms with Crippen molar-refractivity contribution in [2.75, 3.05) is 0 Å². The molecule has 1 atom stereocenters. The van der Waals surface area contributed by atoms with Crippen LogP contribution in [-0.4, -0.2) is 17.9 Å². The summed E-state index contributed by atoms with van der Waals surface area (Å²) in [6.07, 6.45) is 4.87. The largest absolute Gasteiger partial charge is 0.465 e. The van der Waals surface area contributed by atoms with Crippen LogP contribution < -0.4 is 10.6 Å². The summed E-state index contributed by atoms with van der Waals surface area (Å²) in [4.78, 5) is 24.8. The van der Waals surface area contributed by atoms with E-state index in [2.05, 4.69) is 17.6 Å². The standard InChI is InChI=1S/C19H22N2O3/c1-3-8-14(2)20-19(23)17(13-16-11-7-12-24-16)21-18(22)15-9-5-4-6-10-15/h4-7,9-14H,3,8H2,1-2H3,(H,20,23)(H,21,22)/b17-13-/t14-/m0/s1. The second kappa shape index (κ2) is 8.72. The minimum absolute atomic E-state index is 0.0242. The van der Waals surface area contributed by atoms with E-state index in [0.717, 1.165) is 12.8 Å². The molecular formula is C19H22N2O3. The second-order valence-corrected chi connectivity index (χ2v) is 5.56. The number of carbonyl (C=O) groups excluding carboxylic acids is 2. The molecule has 1 aromatic carbocycles. The number of carbonyl (C=O) groups is 2. The number of nitrogens with one attached hydrogen (secondary N) is 2. The third-order valence-corrected chi connectivity index (χ3v) is 3.46. The van der Waals surface area contributed by atoms with Crippen LogP contribution in [0, 0.1) is 0 Å². The molecule has 0 bridgehead atoms. The highest BCUT2D eigenvalue weighted by Crippen LogP contribution is 2.08. The Morgan fingerprint density at radius 3 is 2.54 bits per heavy atom. The van der Waals surface area contributed by atoms with Gasteiger partial charge in [0.1, 0.15) is 11.5 Å². The van der Waals surface area contributed by atoms with E-state index >= 15 is 0 Å². The summed E-state index contributed by atoms with van der Waals surface area (Å²) in [6.45, 7) is 3.99. The molecule has 0 unspecified atom stereocenters. The number of benzene rings is 1. The molecule has 5 heteroatoms. The van der Waals surface area contributed by atoms with Crippen LogP contribution in [0.1, 0.15) is 42.8 Å². The van der Waals surface area contributed by atoms with Crippen LogP contribution in [0.25, 0.3) is 6.08 Å². The predicted octanol–water partition coefficient (Wildman–Crippen LogP) is 3.36. The van der Waals surface area contributed by atoms with Crippen LogP contribution in [0.5, 0.6) is 0 Å². The zero-order valence-electron chi connectivity index (χ0n) is 13.9. The Balaban J connectivity index is 2.17. The number of hydrogen-bond donors (Lipinski definition) is 2. The van der Waals surface area contributed by atoms with Crippen molar-refractivity contribution in [1.82, 2.24) is 10.6 Å². The molecule has 2 amide bonds. The first-order valence-corrected chi connectivity index (χ1v) is 8.02. The summed E-state index contributed by atoms with van der Waals surface area (Å²) in [7, 11) is 0. The van der Waals surface area contributed by atoms with Crippen molar-refractivity contribution in [1.29, 1.82) is 0 Å². The lowest BCUT2D eigenvalue weighted by Crippen LogP contribution is -2.39. The molecule has 2 rings (SSSR count). The lowest BCUT2D eigenvalue weighted by molar-refractivity contribution is -0.118. The maximum Gasteiger partial charge on any atom is 0.268 e. The smallest absolute Gasteiger partial charge is 0.268 e. The highest BCUT2D eigenvalue weighted by molar-refractivity contribution is 6.05. The van der Waals surface area contributed by atoms with Gasteiger partial charge in [0.15, 0.2) is 0 Å². The summed E-state index contributed by atoms with van der Waals surface area (Å²) in [5.74, 6) is -0.181.